The first-order valence-corrected chi connectivity index (χ1v) is 43.5. The van der Waals surface area contributed by atoms with Crippen molar-refractivity contribution in [3.05, 3.63) is 230 Å². The highest BCUT2D eigenvalue weighted by molar-refractivity contribution is 7.09. The summed E-state index contributed by atoms with van der Waals surface area (Å²) >= 11 is 1.80. The fraction of sp³-hybridized carbons (Fsp3) is 0.453. The minimum atomic E-state index is -0.0972. The zero-order valence-electron chi connectivity index (χ0n) is 72.3. The van der Waals surface area contributed by atoms with Crippen LogP contribution in [0.2, 0.25) is 0 Å². The van der Waals surface area contributed by atoms with Gasteiger partial charge >= 0.3 is 0 Å². The van der Waals surface area contributed by atoms with Gasteiger partial charge in [0.05, 0.1) is 73.6 Å². The van der Waals surface area contributed by atoms with Crippen LogP contribution in [0.4, 0.5) is 22.9 Å². The predicted octanol–water partition coefficient (Wildman–Crippen LogP) is 14.6. The second kappa shape index (κ2) is 43.2. The summed E-state index contributed by atoms with van der Waals surface area (Å²) in [5.74, 6) is 6.25. The van der Waals surface area contributed by atoms with E-state index >= 15 is 0 Å². The maximum atomic E-state index is 14.0. The maximum Gasteiger partial charge on any atom is 0.255 e. The Bertz CT molecular complexity index is 4550. The summed E-state index contributed by atoms with van der Waals surface area (Å²) < 4.78 is 38.9. The van der Waals surface area contributed by atoms with Gasteiger partial charge in [0.1, 0.15) is 11.6 Å². The molecule has 120 heavy (non-hydrogen) atoms. The quantitative estimate of drug-likeness (QED) is 0.0366. The predicted molar refractivity (Wildman–Crippen MR) is 479 cm³/mol. The van der Waals surface area contributed by atoms with Gasteiger partial charge in [0.15, 0.2) is 34.5 Å². The number of carbonyl (C=O) groups excluding carboxylic acids is 3. The fourth-order valence-corrected chi connectivity index (χ4v) is 18.6. The van der Waals surface area contributed by atoms with Gasteiger partial charge in [-0.15, -0.1) is 11.3 Å². The van der Waals surface area contributed by atoms with Gasteiger partial charge in [-0.05, 0) is 211 Å². The molecule has 3 amide bonds. The Hall–Kier alpha value is -10.4. The smallest absolute Gasteiger partial charge is 0.255 e. The first-order chi connectivity index (χ1) is 58.2. The van der Waals surface area contributed by atoms with Crippen molar-refractivity contribution in [3.8, 4) is 34.5 Å². The van der Waals surface area contributed by atoms with Gasteiger partial charge < -0.3 is 92.6 Å². The summed E-state index contributed by atoms with van der Waals surface area (Å²) in [5, 5.41) is 5.53. The van der Waals surface area contributed by atoms with E-state index in [0.29, 0.717) is 54.1 Å². The van der Waals surface area contributed by atoms with E-state index in [1.54, 1.807) is 66.5 Å². The summed E-state index contributed by atoms with van der Waals surface area (Å²) in [6.45, 7) is 28.3. The number of ether oxygens (including phenoxy) is 6. The van der Waals surface area contributed by atoms with Crippen molar-refractivity contribution in [3.63, 3.8) is 0 Å². The maximum absolute atomic E-state index is 14.0. The van der Waals surface area contributed by atoms with Crippen molar-refractivity contribution in [1.82, 2.24) is 44.2 Å². The van der Waals surface area contributed by atoms with E-state index in [-0.39, 0.29) is 41.3 Å². The van der Waals surface area contributed by atoms with Gasteiger partial charge in [0.2, 0.25) is 0 Å². The van der Waals surface area contributed by atoms with Crippen molar-refractivity contribution in [2.45, 2.75) is 110 Å². The number of nitrogens with zero attached hydrogens (tertiary/aromatic N) is 12. The lowest BCUT2D eigenvalue weighted by Gasteiger charge is -2.36. The molecule has 0 aliphatic carbocycles. The van der Waals surface area contributed by atoms with Crippen molar-refractivity contribution >= 4 is 51.9 Å². The molecule has 3 atom stereocenters. The van der Waals surface area contributed by atoms with Crippen LogP contribution in [0.3, 0.4) is 0 Å². The van der Waals surface area contributed by atoms with E-state index in [1.807, 2.05) is 108 Å². The molecule has 0 radical (unpaired) electrons. The fourth-order valence-electron chi connectivity index (χ4n) is 17.8. The molecule has 3 fully saturated rings. The summed E-state index contributed by atoms with van der Waals surface area (Å²) in [7, 11) is 14.2. The zero-order valence-corrected chi connectivity index (χ0v) is 73.1. The van der Waals surface area contributed by atoms with E-state index in [4.69, 9.17) is 32.8 Å². The summed E-state index contributed by atoms with van der Waals surface area (Å²) in [6.07, 6.45) is 8.80. The van der Waals surface area contributed by atoms with Gasteiger partial charge in [0, 0.05) is 173 Å². The Morgan fingerprint density at radius 2 is 0.825 bits per heavy atom. The number of amides is 3. The van der Waals surface area contributed by atoms with Crippen molar-refractivity contribution < 1.29 is 52.7 Å². The van der Waals surface area contributed by atoms with E-state index in [0.717, 1.165) is 231 Å². The number of hydrogen-bond acceptors (Lipinski definition) is 21. The number of rotatable bonds is 35. The highest BCUT2D eigenvalue weighted by Crippen LogP contribution is 2.45. The highest BCUT2D eigenvalue weighted by Gasteiger charge is 2.40. The Labute approximate surface area is 714 Å². The summed E-state index contributed by atoms with van der Waals surface area (Å²) in [4.78, 5) is 73.2. The van der Waals surface area contributed by atoms with Gasteiger partial charge in [-0.25, -0.2) is 4.98 Å². The third-order valence-electron chi connectivity index (χ3n) is 24.6. The number of piperazine rings is 3. The van der Waals surface area contributed by atoms with Crippen LogP contribution in [-0.4, -0.2) is 242 Å². The molecular weight excluding hydrogens is 1530 g/mol. The standard InChI is InChI=1S/C32H42N4O4.C32H42N4O3S.C31H39N5O3.H2O/c2*1-5-34-16-18-35(19-17-34)29-11-6-10-26-27(29)23-36(32(26)37)28(24-13-14-30(38-3)31(21-24)39-4)12-7-15-33(2)22-25-9-8-20-40-25;1-4-34-17-19-35(20-18-34)27-10-7-9-24-25(27)22-36(31(24)37)26(11-8-16-33-30-12-5-6-15-32-30)23-13-14-28(38-2)29(21-23)39-3;/h2*6,8-11,13-14,20-21,28H,5,7,12,15-19,22-23H2,1-4H3;5-7,9-10,12-15,21,26H,4,8,11,16-20,22H2,1-3H3,(H,32,33);1H2/t2*28-;26-;/m111./s1. The van der Waals surface area contributed by atoms with Gasteiger partial charge in [-0.3, -0.25) is 19.3 Å². The first kappa shape index (κ1) is 88.9. The molecule has 15 rings (SSSR count). The molecule has 24 nitrogen and oxygen atoms in total. The molecule has 642 valence electrons. The Morgan fingerprint density at radius 1 is 0.433 bits per heavy atom. The third kappa shape index (κ3) is 21.3. The lowest BCUT2D eigenvalue weighted by molar-refractivity contribution is 0.0678. The first-order valence-electron chi connectivity index (χ1n) is 42.6. The Kier molecular flexibility index (Phi) is 32.0. The SMILES string of the molecule is CCN1CCN(c2cccc3c2CN([C@H](CCCN(C)Cc2ccco2)c2ccc(OC)c(OC)c2)C3=O)CC1.CCN1CCN(c2cccc3c2CN([C@H](CCCN(C)Cc2cccs2)c2ccc(OC)c(OC)c2)C3=O)CC1.CCN1CCN(c2cccc3c2CN([C@H](CCCNc2ccccn2)c2ccc(OC)c(OC)c2)C3=O)CC1.O. The van der Waals surface area contributed by atoms with Crippen molar-refractivity contribution in [2.24, 2.45) is 0 Å². The molecule has 25 heteroatoms. The number of pyridine rings is 1. The van der Waals surface area contributed by atoms with E-state index in [1.165, 1.54) is 21.9 Å². The number of anilines is 4. The molecule has 9 aromatic rings. The van der Waals surface area contributed by atoms with E-state index in [2.05, 4.69) is 148 Å². The Balaban J connectivity index is 0.000000164. The molecule has 6 aliphatic heterocycles. The topological polar surface area (TPSA) is 212 Å². The number of thiophene rings is 1. The molecule has 0 unspecified atom stereocenters. The van der Waals surface area contributed by atoms with Crippen LogP contribution >= 0.6 is 11.3 Å². The lowest BCUT2D eigenvalue weighted by Crippen LogP contribution is -2.46. The molecule has 6 aromatic carbocycles. The second-order valence-electron chi connectivity index (χ2n) is 31.6. The van der Waals surface area contributed by atoms with Crippen LogP contribution in [0.25, 0.3) is 0 Å². The number of methoxy groups -OCH3 is 6. The number of hydrogen-bond donors (Lipinski definition) is 1. The van der Waals surface area contributed by atoms with Crippen molar-refractivity contribution in [2.75, 3.05) is 195 Å². The average Bonchev–Trinajstić information content (AvgIpc) is 1.63. The molecule has 0 spiro atoms. The monoisotopic (exact) mass is 1660 g/mol. The molecule has 0 saturated carbocycles. The summed E-state index contributed by atoms with van der Waals surface area (Å²) in [5.41, 5.74) is 12.8. The van der Waals surface area contributed by atoms with E-state index in [9.17, 15) is 14.4 Å². The number of benzene rings is 6. The number of likely N-dealkylation sites (N-methyl/N-ethyl adjacent to an activating group) is 3. The normalized spacial score (nSPS) is 16.3. The van der Waals surface area contributed by atoms with Crippen molar-refractivity contribution in [1.29, 1.82) is 0 Å². The third-order valence-corrected chi connectivity index (χ3v) is 25.4. The number of nitrogens with one attached hydrogen (secondary N) is 1. The molecule has 3 saturated heterocycles. The van der Waals surface area contributed by atoms with Gasteiger partial charge in [-0.1, -0.05) is 69.3 Å². The molecular formula is C95H125N13O11S. The van der Waals surface area contributed by atoms with Crippen LogP contribution in [0, 0.1) is 0 Å². The largest absolute Gasteiger partial charge is 0.493 e. The van der Waals surface area contributed by atoms with Crippen LogP contribution < -0.4 is 48.4 Å². The number of fused-ring (bicyclic) bond motifs is 3. The van der Waals surface area contributed by atoms with E-state index < -0.39 is 0 Å². The highest BCUT2D eigenvalue weighted by atomic mass is 32.1. The van der Waals surface area contributed by atoms with Gasteiger partial charge in [0.25, 0.3) is 17.7 Å². The second-order valence-corrected chi connectivity index (χ2v) is 32.6. The molecule has 9 heterocycles. The van der Waals surface area contributed by atoms with Gasteiger partial charge in [-0.2, -0.15) is 0 Å². The molecule has 3 aromatic heterocycles. The van der Waals surface area contributed by atoms with Crippen LogP contribution in [-0.2, 0) is 32.7 Å². The van der Waals surface area contributed by atoms with Crippen LogP contribution in [0.1, 0.15) is 153 Å². The summed E-state index contributed by atoms with van der Waals surface area (Å²) in [6, 6.07) is 50.6. The average molecular weight is 1660 g/mol. The number of aromatic nitrogens is 1. The Morgan fingerprint density at radius 3 is 1.17 bits per heavy atom. The molecule has 3 N–H and O–H groups in total. The van der Waals surface area contributed by atoms with Crippen LogP contribution in [0.15, 0.2) is 174 Å². The molecule has 0 bridgehead atoms. The van der Waals surface area contributed by atoms with Crippen LogP contribution in [0.5, 0.6) is 34.5 Å². The number of furan rings is 1. The minimum absolute atomic E-state index is 0. The molecule has 6 aliphatic rings. The minimum Gasteiger partial charge on any atom is -0.493 e. The zero-order chi connectivity index (χ0) is 83.3. The lowest BCUT2D eigenvalue weighted by atomic mass is 9.99. The number of carbonyl (C=O) groups is 3.